The summed E-state index contributed by atoms with van der Waals surface area (Å²) in [6.07, 6.45) is 5.02. The van der Waals surface area contributed by atoms with Crippen molar-refractivity contribution in [3.05, 3.63) is 18.6 Å². The number of carbonyl (C=O) groups excluding carboxylic acids is 2. The third-order valence-corrected chi connectivity index (χ3v) is 4.82. The summed E-state index contributed by atoms with van der Waals surface area (Å²) in [6.45, 7) is 7.84. The minimum absolute atomic E-state index is 0.226. The molecule has 0 radical (unpaired) electrons. The zero-order chi connectivity index (χ0) is 16.2. The second-order valence-corrected chi connectivity index (χ2v) is 11.8. The standard InChI is InChI=1S/C14H20N4O3Si/c1-22(2,3)5-4-21-10-18-14-11(7-16-18)6-15-8-12(14)17-13(20)9-19/h6-9H,4-5,10H2,1-3H3,(H,17,20). The molecule has 2 aromatic heterocycles. The molecule has 0 spiro atoms. The van der Waals surface area contributed by atoms with Crippen LogP contribution in [0.15, 0.2) is 18.6 Å². The number of hydrogen-bond acceptors (Lipinski definition) is 5. The number of anilines is 1. The van der Waals surface area contributed by atoms with Gasteiger partial charge in [0.2, 0.25) is 6.29 Å². The van der Waals surface area contributed by atoms with E-state index in [1.165, 1.54) is 6.20 Å². The number of pyridine rings is 1. The molecule has 0 aromatic carbocycles. The lowest BCUT2D eigenvalue weighted by Gasteiger charge is -2.15. The van der Waals surface area contributed by atoms with E-state index in [0.29, 0.717) is 24.5 Å². The van der Waals surface area contributed by atoms with Crippen LogP contribution in [-0.2, 0) is 21.1 Å². The molecule has 0 saturated carbocycles. The highest BCUT2D eigenvalue weighted by atomic mass is 28.3. The molecule has 2 heterocycles. The van der Waals surface area contributed by atoms with Crippen molar-refractivity contribution in [3.8, 4) is 0 Å². The van der Waals surface area contributed by atoms with Crippen molar-refractivity contribution in [2.24, 2.45) is 0 Å². The van der Waals surface area contributed by atoms with E-state index < -0.39 is 14.0 Å². The van der Waals surface area contributed by atoms with Crippen molar-refractivity contribution in [1.82, 2.24) is 14.8 Å². The van der Waals surface area contributed by atoms with Gasteiger partial charge >= 0.3 is 0 Å². The van der Waals surface area contributed by atoms with E-state index >= 15 is 0 Å². The molecule has 8 heteroatoms. The Morgan fingerprint density at radius 1 is 1.36 bits per heavy atom. The molecule has 0 aliphatic rings. The van der Waals surface area contributed by atoms with Crippen molar-refractivity contribution in [2.75, 3.05) is 11.9 Å². The van der Waals surface area contributed by atoms with Gasteiger partial charge in [-0.1, -0.05) is 19.6 Å². The van der Waals surface area contributed by atoms with Gasteiger partial charge in [0.25, 0.3) is 5.91 Å². The Balaban J connectivity index is 2.13. The number of hydrogen-bond donors (Lipinski definition) is 1. The minimum atomic E-state index is -1.13. The lowest BCUT2D eigenvalue weighted by atomic mass is 10.3. The molecule has 22 heavy (non-hydrogen) atoms. The summed E-state index contributed by atoms with van der Waals surface area (Å²) >= 11 is 0. The molecule has 118 valence electrons. The van der Waals surface area contributed by atoms with E-state index in [-0.39, 0.29) is 6.29 Å². The maximum Gasteiger partial charge on any atom is 0.288 e. The molecule has 0 unspecified atom stereocenters. The van der Waals surface area contributed by atoms with Crippen LogP contribution in [0, 0.1) is 0 Å². The van der Waals surface area contributed by atoms with Crippen LogP contribution in [-0.4, -0.2) is 41.6 Å². The molecule has 0 aliphatic carbocycles. The molecule has 0 atom stereocenters. The highest BCUT2D eigenvalue weighted by Gasteiger charge is 2.13. The van der Waals surface area contributed by atoms with E-state index in [1.807, 2.05) is 0 Å². The number of aldehydes is 1. The number of fused-ring (bicyclic) bond motifs is 1. The quantitative estimate of drug-likeness (QED) is 0.364. The Kier molecular flexibility index (Phi) is 5.04. The highest BCUT2D eigenvalue weighted by Crippen LogP contribution is 2.21. The van der Waals surface area contributed by atoms with Crippen molar-refractivity contribution in [3.63, 3.8) is 0 Å². The highest BCUT2D eigenvalue weighted by molar-refractivity contribution is 6.76. The summed E-state index contributed by atoms with van der Waals surface area (Å²) in [5.74, 6) is -0.721. The van der Waals surface area contributed by atoms with Crippen LogP contribution in [0.5, 0.6) is 0 Å². The van der Waals surface area contributed by atoms with Crippen LogP contribution < -0.4 is 5.32 Å². The molecule has 0 saturated heterocycles. The van der Waals surface area contributed by atoms with Crippen LogP contribution >= 0.6 is 0 Å². The van der Waals surface area contributed by atoms with Gasteiger partial charge in [-0.05, 0) is 6.04 Å². The summed E-state index contributed by atoms with van der Waals surface area (Å²) in [7, 11) is -1.13. The number of rotatable bonds is 7. The Hall–Kier alpha value is -2.06. The fraction of sp³-hybridized carbons (Fsp3) is 0.429. The molecule has 1 N–H and O–H groups in total. The summed E-state index contributed by atoms with van der Waals surface area (Å²) in [4.78, 5) is 25.8. The summed E-state index contributed by atoms with van der Waals surface area (Å²) in [5.41, 5.74) is 1.14. The zero-order valence-corrected chi connectivity index (χ0v) is 14.0. The normalized spacial score (nSPS) is 11.6. The Bertz CT molecular complexity index is 678. The van der Waals surface area contributed by atoms with Gasteiger partial charge in [0.05, 0.1) is 23.6 Å². The molecular formula is C14H20N4O3Si. The maximum atomic E-state index is 11.3. The van der Waals surface area contributed by atoms with Gasteiger partial charge in [-0.25, -0.2) is 4.68 Å². The number of amides is 1. The molecule has 0 bridgehead atoms. The van der Waals surface area contributed by atoms with Crippen molar-refractivity contribution in [2.45, 2.75) is 32.4 Å². The smallest absolute Gasteiger partial charge is 0.288 e. The number of ether oxygens (including phenoxy) is 1. The molecule has 0 aliphatic heterocycles. The molecule has 2 aromatic rings. The first-order valence-electron chi connectivity index (χ1n) is 7.04. The summed E-state index contributed by atoms with van der Waals surface area (Å²) in [6, 6.07) is 1.07. The van der Waals surface area contributed by atoms with Crippen LogP contribution in [0.3, 0.4) is 0 Å². The zero-order valence-electron chi connectivity index (χ0n) is 13.0. The number of nitrogens with zero attached hydrogens (tertiary/aromatic N) is 3. The van der Waals surface area contributed by atoms with E-state index in [2.05, 4.69) is 35.0 Å². The van der Waals surface area contributed by atoms with Gasteiger partial charge in [0, 0.05) is 26.3 Å². The fourth-order valence-corrected chi connectivity index (χ4v) is 2.68. The molecule has 1 amide bonds. The van der Waals surface area contributed by atoms with Crippen molar-refractivity contribution >= 4 is 36.9 Å². The monoisotopic (exact) mass is 320 g/mol. The van der Waals surface area contributed by atoms with E-state index in [4.69, 9.17) is 4.74 Å². The average Bonchev–Trinajstić information content (AvgIpc) is 2.87. The Morgan fingerprint density at radius 3 is 2.82 bits per heavy atom. The Labute approximate surface area is 129 Å². The SMILES string of the molecule is C[Si](C)(C)CCOCn1ncc2cncc(NC(=O)C=O)c21. The van der Waals surface area contributed by atoms with Crippen LogP contribution in [0.2, 0.25) is 25.7 Å². The van der Waals surface area contributed by atoms with Gasteiger partial charge < -0.3 is 10.1 Å². The van der Waals surface area contributed by atoms with Crippen LogP contribution in [0.4, 0.5) is 5.69 Å². The largest absolute Gasteiger partial charge is 0.360 e. The first-order chi connectivity index (χ1) is 10.4. The van der Waals surface area contributed by atoms with E-state index in [1.54, 1.807) is 17.1 Å². The fourth-order valence-electron chi connectivity index (χ4n) is 1.92. The summed E-state index contributed by atoms with van der Waals surface area (Å²) in [5, 5.41) is 7.52. The number of aromatic nitrogens is 3. The Morgan fingerprint density at radius 2 is 2.14 bits per heavy atom. The third kappa shape index (κ3) is 4.22. The number of carbonyl (C=O) groups is 2. The predicted molar refractivity (Wildman–Crippen MR) is 86.3 cm³/mol. The van der Waals surface area contributed by atoms with Gasteiger partial charge in [0.15, 0.2) is 0 Å². The van der Waals surface area contributed by atoms with Crippen LogP contribution in [0.1, 0.15) is 0 Å². The topological polar surface area (TPSA) is 86.1 Å². The van der Waals surface area contributed by atoms with Gasteiger partial charge in [-0.2, -0.15) is 5.10 Å². The maximum absolute atomic E-state index is 11.3. The first-order valence-corrected chi connectivity index (χ1v) is 10.7. The van der Waals surface area contributed by atoms with E-state index in [0.717, 1.165) is 11.4 Å². The lowest BCUT2D eigenvalue weighted by Crippen LogP contribution is -2.22. The van der Waals surface area contributed by atoms with Crippen molar-refractivity contribution in [1.29, 1.82) is 0 Å². The minimum Gasteiger partial charge on any atom is -0.360 e. The molecule has 7 nitrogen and oxygen atoms in total. The van der Waals surface area contributed by atoms with Crippen LogP contribution in [0.25, 0.3) is 10.9 Å². The van der Waals surface area contributed by atoms with Gasteiger partial charge in [0.1, 0.15) is 6.73 Å². The second kappa shape index (κ2) is 6.80. The molecule has 2 rings (SSSR count). The first kappa shape index (κ1) is 16.3. The molecular weight excluding hydrogens is 300 g/mol. The predicted octanol–water partition coefficient (Wildman–Crippen LogP) is 1.88. The van der Waals surface area contributed by atoms with Gasteiger partial charge in [-0.15, -0.1) is 0 Å². The lowest BCUT2D eigenvalue weighted by molar-refractivity contribution is -0.127. The average molecular weight is 320 g/mol. The number of nitrogens with one attached hydrogen (secondary N) is 1. The third-order valence-electron chi connectivity index (χ3n) is 3.12. The van der Waals surface area contributed by atoms with Gasteiger partial charge in [-0.3, -0.25) is 14.6 Å². The molecule has 0 fully saturated rings. The van der Waals surface area contributed by atoms with Crippen molar-refractivity contribution < 1.29 is 14.3 Å². The summed E-state index contributed by atoms with van der Waals surface area (Å²) < 4.78 is 7.34. The second-order valence-electron chi connectivity index (χ2n) is 6.22. The van der Waals surface area contributed by atoms with E-state index in [9.17, 15) is 9.59 Å².